The van der Waals surface area contributed by atoms with Crippen LogP contribution in [0, 0.1) is 0 Å². The van der Waals surface area contributed by atoms with Crippen LogP contribution < -0.4 is 5.43 Å². The van der Waals surface area contributed by atoms with Gasteiger partial charge in [0.2, 0.25) is 0 Å². The topological polar surface area (TPSA) is 57.5 Å². The Balaban J connectivity index is 2.10. The van der Waals surface area contributed by atoms with Crippen LogP contribution in [0.4, 0.5) is 5.82 Å². The number of phenols is 1. The second-order valence-corrected chi connectivity index (χ2v) is 4.26. The number of hydrazone groups is 1. The molecule has 0 atom stereocenters. The van der Waals surface area contributed by atoms with Crippen molar-refractivity contribution in [3.63, 3.8) is 0 Å². The van der Waals surface area contributed by atoms with Crippen LogP contribution in [0.25, 0.3) is 0 Å². The molecule has 2 N–H and O–H groups in total. The number of hydrogen-bond donors (Lipinski definition) is 2. The third-order valence-corrected chi connectivity index (χ3v) is 2.61. The molecule has 0 spiro atoms. The number of halogens is 2. The molecular formula is C12H9Cl2N3O. The summed E-state index contributed by atoms with van der Waals surface area (Å²) in [5.41, 5.74) is 3.27. The van der Waals surface area contributed by atoms with Gasteiger partial charge in [-0.3, -0.25) is 5.43 Å². The highest BCUT2D eigenvalue weighted by atomic mass is 35.5. The molecular weight excluding hydrogens is 273 g/mol. The van der Waals surface area contributed by atoms with Crippen molar-refractivity contribution in [2.45, 2.75) is 0 Å². The fourth-order valence-corrected chi connectivity index (χ4v) is 1.68. The Morgan fingerprint density at radius 1 is 1.28 bits per heavy atom. The predicted molar refractivity (Wildman–Crippen MR) is 73.6 cm³/mol. The number of phenolic OH excluding ortho intramolecular Hbond substituents is 1. The molecule has 1 heterocycles. The van der Waals surface area contributed by atoms with E-state index in [0.717, 1.165) is 0 Å². The molecule has 0 radical (unpaired) electrons. The average molecular weight is 282 g/mol. The zero-order valence-corrected chi connectivity index (χ0v) is 10.7. The van der Waals surface area contributed by atoms with Crippen molar-refractivity contribution in [2.24, 2.45) is 5.10 Å². The SMILES string of the molecule is Oc1ccccc1/C=N/Nc1ncc(Cl)cc1Cl. The molecule has 0 aliphatic rings. The minimum Gasteiger partial charge on any atom is -0.507 e. The summed E-state index contributed by atoms with van der Waals surface area (Å²) in [6, 6.07) is 8.41. The van der Waals surface area contributed by atoms with Crippen LogP contribution in [0.3, 0.4) is 0 Å². The fourth-order valence-electron chi connectivity index (χ4n) is 1.26. The third-order valence-electron chi connectivity index (χ3n) is 2.12. The van der Waals surface area contributed by atoms with E-state index >= 15 is 0 Å². The van der Waals surface area contributed by atoms with Crippen molar-refractivity contribution in [1.29, 1.82) is 0 Å². The van der Waals surface area contributed by atoms with Crippen molar-refractivity contribution in [3.05, 3.63) is 52.1 Å². The molecule has 2 aromatic rings. The molecule has 0 bridgehead atoms. The summed E-state index contributed by atoms with van der Waals surface area (Å²) < 4.78 is 0. The first kappa shape index (κ1) is 12.7. The number of aromatic nitrogens is 1. The van der Waals surface area contributed by atoms with E-state index in [-0.39, 0.29) is 5.75 Å². The first-order valence-corrected chi connectivity index (χ1v) is 5.80. The summed E-state index contributed by atoms with van der Waals surface area (Å²) >= 11 is 11.6. The number of hydrogen-bond acceptors (Lipinski definition) is 4. The van der Waals surface area contributed by atoms with Crippen LogP contribution >= 0.6 is 23.2 Å². The predicted octanol–water partition coefficient (Wildman–Crippen LogP) is 3.54. The number of para-hydroxylation sites is 1. The normalized spacial score (nSPS) is 10.8. The summed E-state index contributed by atoms with van der Waals surface area (Å²) in [7, 11) is 0. The average Bonchev–Trinajstić information content (AvgIpc) is 2.34. The Hall–Kier alpha value is -1.78. The van der Waals surface area contributed by atoms with Crippen molar-refractivity contribution in [2.75, 3.05) is 5.43 Å². The summed E-state index contributed by atoms with van der Waals surface area (Å²) in [5.74, 6) is 0.547. The maximum Gasteiger partial charge on any atom is 0.165 e. The lowest BCUT2D eigenvalue weighted by Crippen LogP contribution is -1.94. The standard InChI is InChI=1S/C12H9Cl2N3O/c13-9-5-10(14)12(15-7-9)17-16-6-8-3-1-2-4-11(8)18/h1-7,18H,(H,15,17)/b16-6+. The van der Waals surface area contributed by atoms with Gasteiger partial charge < -0.3 is 5.11 Å². The quantitative estimate of drug-likeness (QED) is 0.668. The Bertz CT molecular complexity index is 587. The number of aromatic hydroxyl groups is 1. The maximum atomic E-state index is 9.52. The van der Waals surface area contributed by atoms with Gasteiger partial charge in [0.1, 0.15) is 5.75 Å². The summed E-state index contributed by atoms with van der Waals surface area (Å²) in [5, 5.41) is 14.3. The van der Waals surface area contributed by atoms with Crippen molar-refractivity contribution in [1.82, 2.24) is 4.98 Å². The Kier molecular flexibility index (Phi) is 4.02. The van der Waals surface area contributed by atoms with E-state index in [1.54, 1.807) is 30.3 Å². The molecule has 92 valence electrons. The Morgan fingerprint density at radius 3 is 2.78 bits per heavy atom. The molecule has 2 rings (SSSR count). The van der Waals surface area contributed by atoms with Gasteiger partial charge in [0.05, 0.1) is 16.3 Å². The van der Waals surface area contributed by atoms with Crippen LogP contribution in [-0.4, -0.2) is 16.3 Å². The van der Waals surface area contributed by atoms with Gasteiger partial charge >= 0.3 is 0 Å². The fraction of sp³-hybridized carbons (Fsp3) is 0. The third kappa shape index (κ3) is 3.12. The monoisotopic (exact) mass is 281 g/mol. The molecule has 1 aromatic carbocycles. The van der Waals surface area contributed by atoms with Crippen molar-refractivity contribution < 1.29 is 5.11 Å². The number of pyridine rings is 1. The number of rotatable bonds is 3. The van der Waals surface area contributed by atoms with E-state index in [0.29, 0.717) is 21.4 Å². The molecule has 18 heavy (non-hydrogen) atoms. The molecule has 6 heteroatoms. The maximum absolute atomic E-state index is 9.52. The van der Waals surface area contributed by atoms with Crippen LogP contribution in [0.15, 0.2) is 41.6 Å². The van der Waals surface area contributed by atoms with Gasteiger partial charge in [-0.15, -0.1) is 0 Å². The summed E-state index contributed by atoms with van der Waals surface area (Å²) in [4.78, 5) is 3.98. The molecule has 0 aliphatic carbocycles. The molecule has 0 saturated heterocycles. The molecule has 1 aromatic heterocycles. The highest BCUT2D eigenvalue weighted by molar-refractivity contribution is 6.35. The van der Waals surface area contributed by atoms with Crippen LogP contribution in [0.2, 0.25) is 10.0 Å². The van der Waals surface area contributed by atoms with Gasteiger partial charge in [0, 0.05) is 11.8 Å². The van der Waals surface area contributed by atoms with E-state index < -0.39 is 0 Å². The minimum absolute atomic E-state index is 0.151. The molecule has 0 amide bonds. The van der Waals surface area contributed by atoms with Gasteiger partial charge in [-0.1, -0.05) is 35.3 Å². The van der Waals surface area contributed by atoms with Gasteiger partial charge in [-0.2, -0.15) is 5.10 Å². The van der Waals surface area contributed by atoms with E-state index in [1.165, 1.54) is 12.4 Å². The van der Waals surface area contributed by atoms with Crippen LogP contribution in [-0.2, 0) is 0 Å². The zero-order valence-electron chi connectivity index (χ0n) is 9.14. The highest BCUT2D eigenvalue weighted by Gasteiger charge is 2.01. The first-order valence-electron chi connectivity index (χ1n) is 5.05. The second kappa shape index (κ2) is 5.71. The van der Waals surface area contributed by atoms with E-state index in [2.05, 4.69) is 15.5 Å². The minimum atomic E-state index is 0.151. The first-order chi connectivity index (χ1) is 8.66. The van der Waals surface area contributed by atoms with Gasteiger partial charge in [0.25, 0.3) is 0 Å². The van der Waals surface area contributed by atoms with E-state index in [1.807, 2.05) is 0 Å². The number of nitrogens with one attached hydrogen (secondary N) is 1. The number of anilines is 1. The van der Waals surface area contributed by atoms with Gasteiger partial charge in [0.15, 0.2) is 5.82 Å². The van der Waals surface area contributed by atoms with E-state index in [4.69, 9.17) is 23.2 Å². The Morgan fingerprint density at radius 2 is 2.06 bits per heavy atom. The molecule has 0 saturated carbocycles. The molecule has 0 aliphatic heterocycles. The lowest BCUT2D eigenvalue weighted by atomic mass is 10.2. The second-order valence-electron chi connectivity index (χ2n) is 3.41. The lowest BCUT2D eigenvalue weighted by Gasteiger charge is -2.02. The summed E-state index contributed by atoms with van der Waals surface area (Å²) in [6.45, 7) is 0. The lowest BCUT2D eigenvalue weighted by molar-refractivity contribution is 0.474. The molecule has 0 unspecified atom stereocenters. The highest BCUT2D eigenvalue weighted by Crippen LogP contribution is 2.22. The summed E-state index contributed by atoms with van der Waals surface area (Å²) in [6.07, 6.45) is 2.94. The molecule has 0 fully saturated rings. The Labute approximate surface area is 114 Å². The van der Waals surface area contributed by atoms with Crippen LogP contribution in [0.5, 0.6) is 5.75 Å². The smallest absolute Gasteiger partial charge is 0.165 e. The van der Waals surface area contributed by atoms with Crippen molar-refractivity contribution in [3.8, 4) is 5.75 Å². The number of benzene rings is 1. The van der Waals surface area contributed by atoms with Crippen molar-refractivity contribution >= 4 is 35.2 Å². The zero-order chi connectivity index (χ0) is 13.0. The molecule has 4 nitrogen and oxygen atoms in total. The largest absolute Gasteiger partial charge is 0.507 e. The van der Waals surface area contributed by atoms with Gasteiger partial charge in [-0.05, 0) is 18.2 Å². The van der Waals surface area contributed by atoms with Gasteiger partial charge in [-0.25, -0.2) is 4.98 Å². The number of nitrogens with zero attached hydrogens (tertiary/aromatic N) is 2. The van der Waals surface area contributed by atoms with E-state index in [9.17, 15) is 5.11 Å². The van der Waals surface area contributed by atoms with Crippen LogP contribution in [0.1, 0.15) is 5.56 Å².